The van der Waals surface area contributed by atoms with Gasteiger partial charge in [-0.05, 0) is 48.9 Å². The van der Waals surface area contributed by atoms with E-state index < -0.39 is 0 Å². The molecule has 1 aliphatic rings. The molecule has 0 saturated carbocycles. The first-order valence-corrected chi connectivity index (χ1v) is 10.6. The van der Waals surface area contributed by atoms with E-state index in [4.69, 9.17) is 0 Å². The van der Waals surface area contributed by atoms with Crippen LogP contribution in [0.2, 0.25) is 0 Å². The molecule has 0 atom stereocenters. The average Bonchev–Trinajstić information content (AvgIpc) is 2.83. The van der Waals surface area contributed by atoms with Gasteiger partial charge in [0.2, 0.25) is 0 Å². The van der Waals surface area contributed by atoms with Crippen molar-refractivity contribution in [2.24, 2.45) is 9.98 Å². The minimum atomic E-state index is -0.326. The Kier molecular flexibility index (Phi) is 10.6. The van der Waals surface area contributed by atoms with Crippen molar-refractivity contribution >= 4 is 23.6 Å². The molecule has 0 radical (unpaired) electrons. The maximum Gasteiger partial charge on any atom is 2.00 e. The van der Waals surface area contributed by atoms with Crippen LogP contribution >= 0.6 is 0 Å². The van der Waals surface area contributed by atoms with Crippen LogP contribution in [0.25, 0.3) is 0 Å². The minimum absolute atomic E-state index is 0. The van der Waals surface area contributed by atoms with Gasteiger partial charge >= 0.3 is 16.5 Å². The van der Waals surface area contributed by atoms with Gasteiger partial charge in [0.1, 0.15) is 0 Å². The van der Waals surface area contributed by atoms with Crippen molar-refractivity contribution in [1.29, 1.82) is 0 Å². The molecular weight excluding hydrogens is 467 g/mol. The molecule has 176 valence electrons. The second-order valence-electron chi connectivity index (χ2n) is 7.37. The summed E-state index contributed by atoms with van der Waals surface area (Å²) in [6, 6.07) is 17.6. The first kappa shape index (κ1) is 26.1. The molecular formula is C24H26N4NiO4. The van der Waals surface area contributed by atoms with Gasteiger partial charge in [-0.25, -0.2) is 0 Å². The van der Waals surface area contributed by atoms with Crippen LogP contribution in [0, 0.1) is 0 Å². The molecule has 8 nitrogen and oxygen atoms in total. The maximum absolute atomic E-state index is 12.8. The largest absolute Gasteiger partial charge is 2.00 e. The average molecular weight is 493 g/mol. The molecule has 0 bridgehead atoms. The molecule has 0 fully saturated rings. The number of hydrogen-bond acceptors (Lipinski definition) is 6. The van der Waals surface area contributed by atoms with Crippen LogP contribution in [0.5, 0.6) is 0 Å². The van der Waals surface area contributed by atoms with Gasteiger partial charge in [-0.3, -0.25) is 9.59 Å². The Morgan fingerprint density at radius 3 is 1.36 bits per heavy atom. The van der Waals surface area contributed by atoms with Gasteiger partial charge in [0.15, 0.2) is 0 Å². The summed E-state index contributed by atoms with van der Waals surface area (Å²) in [6.45, 7) is 1.09. The normalized spacial score (nSPS) is 16.0. The fourth-order valence-electron chi connectivity index (χ4n) is 3.37. The minimum Gasteiger partial charge on any atom is -0.862 e. The molecule has 0 aliphatic carbocycles. The van der Waals surface area contributed by atoms with Gasteiger partial charge in [-0.2, -0.15) is 0 Å². The van der Waals surface area contributed by atoms with E-state index in [9.17, 15) is 19.8 Å². The van der Waals surface area contributed by atoms with E-state index >= 15 is 0 Å². The smallest absolute Gasteiger partial charge is 0.862 e. The number of carbonyl (C=O) groups is 2. The number of carbonyl (C=O) groups excluding carboxylic acids is 2. The summed E-state index contributed by atoms with van der Waals surface area (Å²) in [4.78, 5) is 36.7. The van der Waals surface area contributed by atoms with Crippen LogP contribution in [0.1, 0.15) is 33.6 Å². The third-order valence-corrected chi connectivity index (χ3v) is 5.12. The van der Waals surface area contributed by atoms with Crippen molar-refractivity contribution in [3.63, 3.8) is 0 Å². The van der Waals surface area contributed by atoms with Gasteiger partial charge in [-0.15, -0.1) is 0 Å². The third-order valence-electron chi connectivity index (χ3n) is 5.12. The summed E-state index contributed by atoms with van der Waals surface area (Å²) in [7, 11) is 0. The zero-order chi connectivity index (χ0) is 22.8. The van der Waals surface area contributed by atoms with Gasteiger partial charge in [0, 0.05) is 37.3 Å². The molecule has 0 unspecified atom stereocenters. The van der Waals surface area contributed by atoms with Crippen molar-refractivity contribution in [3.05, 3.63) is 71.8 Å². The quantitative estimate of drug-likeness (QED) is 0.570. The predicted octanol–water partition coefficient (Wildman–Crippen LogP) is 0.580. The molecule has 2 amide bonds. The van der Waals surface area contributed by atoms with E-state index in [1.165, 1.54) is 9.80 Å². The Bertz CT molecular complexity index is 887. The van der Waals surface area contributed by atoms with E-state index in [-0.39, 0.29) is 92.2 Å². The Morgan fingerprint density at radius 2 is 1.00 bits per heavy atom. The second-order valence-corrected chi connectivity index (χ2v) is 7.37. The molecule has 2 aromatic rings. The summed E-state index contributed by atoms with van der Waals surface area (Å²) < 4.78 is 0. The van der Waals surface area contributed by atoms with Crippen LogP contribution in [-0.4, -0.2) is 72.7 Å². The fourth-order valence-corrected chi connectivity index (χ4v) is 3.37. The van der Waals surface area contributed by atoms with Gasteiger partial charge in [-0.1, -0.05) is 36.4 Å². The Hall–Kier alpha value is -3.19. The first-order chi connectivity index (χ1) is 15.5. The third kappa shape index (κ3) is 8.02. The fraction of sp³-hybridized carbons (Fsp3) is 0.333. The van der Waals surface area contributed by atoms with Crippen molar-refractivity contribution in [1.82, 2.24) is 9.80 Å². The summed E-state index contributed by atoms with van der Waals surface area (Å²) in [5.74, 6) is -1.08. The Labute approximate surface area is 203 Å². The van der Waals surface area contributed by atoms with Crippen LogP contribution in [0.3, 0.4) is 0 Å². The molecule has 0 N–H and O–H groups in total. The standard InChI is InChI=1S/C24H28N4O4.Ni/c29-21-11-15-27(23(31)19-7-3-1-4-8-19)17-13-25-22(30)12-16-28(18-14-26-21)24(32)20-9-5-2-6-10-20;/h1-10H,11-18H2,(H,25,30)(H,26,29);/q;+2/p-2. The zero-order valence-corrected chi connectivity index (χ0v) is 19.2. The van der Waals surface area contributed by atoms with Gasteiger partial charge in [0.05, 0.1) is 13.1 Å². The summed E-state index contributed by atoms with van der Waals surface area (Å²) >= 11 is 0. The van der Waals surface area contributed by atoms with Gasteiger partial charge in [0.25, 0.3) is 11.8 Å². The topological polar surface area (TPSA) is 111 Å². The number of nitrogens with zero attached hydrogens (tertiary/aromatic N) is 4. The van der Waals surface area contributed by atoms with E-state index in [0.29, 0.717) is 11.1 Å². The SMILES string of the molecule is O=C(c1ccccc1)N1CCN=C([O-])CCN(C(=O)c2ccccc2)CCN=C([O-])CC1.[Ni+2]. The number of hydrogen-bond donors (Lipinski definition) is 0. The van der Waals surface area contributed by atoms with Crippen LogP contribution in [0.4, 0.5) is 0 Å². The monoisotopic (exact) mass is 492 g/mol. The number of amides is 2. The van der Waals surface area contributed by atoms with Crippen LogP contribution in [-0.2, 0) is 16.5 Å². The molecule has 2 aromatic carbocycles. The number of benzene rings is 2. The molecule has 1 aliphatic heterocycles. The second kappa shape index (κ2) is 13.4. The summed E-state index contributed by atoms with van der Waals surface area (Å²) in [5.41, 5.74) is 1.03. The molecule has 9 heteroatoms. The Morgan fingerprint density at radius 1 is 0.636 bits per heavy atom. The van der Waals surface area contributed by atoms with E-state index in [0.717, 1.165) is 0 Å². The number of aliphatic imine (C=N–C) groups is 2. The van der Waals surface area contributed by atoms with E-state index in [2.05, 4.69) is 9.98 Å². The first-order valence-electron chi connectivity index (χ1n) is 10.6. The predicted molar refractivity (Wildman–Crippen MR) is 119 cm³/mol. The van der Waals surface area contributed by atoms with E-state index in [1.54, 1.807) is 48.5 Å². The summed E-state index contributed by atoms with van der Waals surface area (Å²) in [5, 5.41) is 24.5. The summed E-state index contributed by atoms with van der Waals surface area (Å²) in [6.07, 6.45) is 0.137. The molecule has 0 spiro atoms. The molecule has 1 heterocycles. The zero-order valence-electron chi connectivity index (χ0n) is 18.2. The van der Waals surface area contributed by atoms with E-state index in [1.807, 2.05) is 12.1 Å². The maximum atomic E-state index is 12.8. The van der Waals surface area contributed by atoms with Crippen LogP contribution < -0.4 is 10.2 Å². The van der Waals surface area contributed by atoms with Crippen molar-refractivity contribution < 1.29 is 36.3 Å². The molecule has 3 rings (SSSR count). The van der Waals surface area contributed by atoms with Crippen molar-refractivity contribution in [2.75, 3.05) is 39.3 Å². The van der Waals surface area contributed by atoms with Crippen molar-refractivity contribution in [3.8, 4) is 0 Å². The molecule has 0 saturated heterocycles. The van der Waals surface area contributed by atoms with Crippen LogP contribution in [0.15, 0.2) is 70.6 Å². The Balaban J connectivity index is 0.00000385. The number of rotatable bonds is 2. The molecule has 0 aromatic heterocycles. The van der Waals surface area contributed by atoms with Crippen molar-refractivity contribution in [2.45, 2.75) is 12.8 Å². The molecule has 33 heavy (non-hydrogen) atoms. The van der Waals surface area contributed by atoms with Gasteiger partial charge < -0.3 is 30.0 Å².